The van der Waals surface area contributed by atoms with Gasteiger partial charge >= 0.3 is 5.63 Å². The van der Waals surface area contributed by atoms with Gasteiger partial charge in [0.2, 0.25) is 0 Å². The summed E-state index contributed by atoms with van der Waals surface area (Å²) in [6, 6.07) is 6.90. The van der Waals surface area contributed by atoms with Gasteiger partial charge in [0.15, 0.2) is 5.76 Å². The average Bonchev–Trinajstić information content (AvgIpc) is 3.20. The van der Waals surface area contributed by atoms with Crippen LogP contribution in [0.25, 0.3) is 10.8 Å². The standard InChI is InChI=1S/C14H12BrNO3/c15-10-4-3-9-5-12(19-14(18)11(9)6-10)13(17)16-7-8-1-2-8/h3-6,8H,1-2,7H2,(H,16,17). The van der Waals surface area contributed by atoms with Gasteiger partial charge in [-0.3, -0.25) is 4.79 Å². The van der Waals surface area contributed by atoms with Gasteiger partial charge in [0.1, 0.15) is 0 Å². The van der Waals surface area contributed by atoms with Crippen LogP contribution in [-0.2, 0) is 0 Å². The lowest BCUT2D eigenvalue weighted by atomic mass is 10.1. The zero-order chi connectivity index (χ0) is 13.4. The molecule has 0 spiro atoms. The van der Waals surface area contributed by atoms with Crippen LogP contribution in [0.5, 0.6) is 0 Å². The van der Waals surface area contributed by atoms with E-state index in [1.165, 1.54) is 0 Å². The first-order valence-corrected chi connectivity index (χ1v) is 6.94. The number of nitrogens with one attached hydrogen (secondary N) is 1. The summed E-state index contributed by atoms with van der Waals surface area (Å²) in [4.78, 5) is 23.7. The number of rotatable bonds is 3. The van der Waals surface area contributed by atoms with Crippen LogP contribution >= 0.6 is 15.9 Å². The van der Waals surface area contributed by atoms with E-state index in [0.717, 1.165) is 17.3 Å². The first-order valence-electron chi connectivity index (χ1n) is 6.15. The Balaban J connectivity index is 1.93. The van der Waals surface area contributed by atoms with E-state index in [2.05, 4.69) is 21.2 Å². The van der Waals surface area contributed by atoms with Gasteiger partial charge in [0.25, 0.3) is 5.91 Å². The summed E-state index contributed by atoms with van der Waals surface area (Å²) in [6.45, 7) is 0.654. The highest BCUT2D eigenvalue weighted by Gasteiger charge is 2.22. The number of amides is 1. The number of carbonyl (C=O) groups excluding carboxylic acids is 1. The van der Waals surface area contributed by atoms with E-state index < -0.39 is 5.63 Å². The summed E-state index contributed by atoms with van der Waals surface area (Å²) in [7, 11) is 0. The minimum atomic E-state index is -0.490. The van der Waals surface area contributed by atoms with Crippen LogP contribution in [0, 0.1) is 5.92 Å². The first-order chi connectivity index (χ1) is 9.13. The maximum atomic E-state index is 11.9. The summed E-state index contributed by atoms with van der Waals surface area (Å²) in [5.74, 6) is 0.335. The zero-order valence-electron chi connectivity index (χ0n) is 10.1. The topological polar surface area (TPSA) is 59.3 Å². The largest absolute Gasteiger partial charge is 0.417 e. The third-order valence-corrected chi connectivity index (χ3v) is 3.69. The molecule has 1 aromatic carbocycles. The van der Waals surface area contributed by atoms with Gasteiger partial charge in [-0.25, -0.2) is 4.79 Å². The molecule has 5 heteroatoms. The lowest BCUT2D eigenvalue weighted by molar-refractivity contribution is 0.0920. The molecule has 1 saturated carbocycles. The highest BCUT2D eigenvalue weighted by molar-refractivity contribution is 9.10. The molecule has 1 aliphatic rings. The van der Waals surface area contributed by atoms with Crippen LogP contribution in [0.2, 0.25) is 0 Å². The Morgan fingerprint density at radius 2 is 2.16 bits per heavy atom. The number of benzene rings is 1. The van der Waals surface area contributed by atoms with Gasteiger partial charge in [-0.2, -0.15) is 0 Å². The van der Waals surface area contributed by atoms with E-state index in [9.17, 15) is 9.59 Å². The minimum Gasteiger partial charge on any atom is -0.417 e. The van der Waals surface area contributed by atoms with Crippen molar-refractivity contribution in [3.8, 4) is 0 Å². The highest BCUT2D eigenvalue weighted by atomic mass is 79.9. The second-order valence-electron chi connectivity index (χ2n) is 4.78. The molecular formula is C14H12BrNO3. The lowest BCUT2D eigenvalue weighted by Gasteiger charge is -2.04. The maximum absolute atomic E-state index is 11.9. The van der Waals surface area contributed by atoms with Crippen molar-refractivity contribution in [2.45, 2.75) is 12.8 Å². The second kappa shape index (κ2) is 4.81. The number of hydrogen-bond donors (Lipinski definition) is 1. The van der Waals surface area contributed by atoms with Gasteiger partial charge in [-0.15, -0.1) is 0 Å². The van der Waals surface area contributed by atoms with Crippen molar-refractivity contribution in [2.75, 3.05) is 6.54 Å². The molecule has 1 aliphatic carbocycles. The molecule has 3 rings (SSSR count). The fourth-order valence-electron chi connectivity index (χ4n) is 1.91. The molecule has 1 amide bonds. The second-order valence-corrected chi connectivity index (χ2v) is 5.70. The summed E-state index contributed by atoms with van der Waals surface area (Å²) < 4.78 is 5.88. The van der Waals surface area contributed by atoms with E-state index in [-0.39, 0.29) is 11.7 Å². The monoisotopic (exact) mass is 321 g/mol. The Morgan fingerprint density at radius 3 is 2.89 bits per heavy atom. The molecule has 1 N–H and O–H groups in total. The van der Waals surface area contributed by atoms with Crippen LogP contribution in [0.15, 0.2) is 37.9 Å². The molecule has 2 aromatic rings. The molecule has 0 atom stereocenters. The molecular weight excluding hydrogens is 310 g/mol. The predicted octanol–water partition coefficient (Wildman–Crippen LogP) is 2.70. The molecule has 1 heterocycles. The molecule has 98 valence electrons. The summed E-state index contributed by atoms with van der Waals surface area (Å²) in [6.07, 6.45) is 2.33. The van der Waals surface area contributed by atoms with E-state index in [1.54, 1.807) is 18.2 Å². The third kappa shape index (κ3) is 2.71. The van der Waals surface area contributed by atoms with E-state index in [0.29, 0.717) is 23.2 Å². The highest BCUT2D eigenvalue weighted by Crippen LogP contribution is 2.27. The SMILES string of the molecule is O=C(NCC1CC1)c1cc2ccc(Br)cc2c(=O)o1. The van der Waals surface area contributed by atoms with Crippen molar-refractivity contribution in [1.82, 2.24) is 5.32 Å². The Morgan fingerprint density at radius 1 is 1.37 bits per heavy atom. The number of halogens is 1. The Hall–Kier alpha value is -1.62. The van der Waals surface area contributed by atoms with Crippen molar-refractivity contribution in [3.05, 3.63) is 44.9 Å². The van der Waals surface area contributed by atoms with E-state index in [4.69, 9.17) is 4.42 Å². The van der Waals surface area contributed by atoms with Gasteiger partial charge in [-0.05, 0) is 42.3 Å². The predicted molar refractivity (Wildman–Crippen MR) is 75.2 cm³/mol. The van der Waals surface area contributed by atoms with Crippen molar-refractivity contribution in [3.63, 3.8) is 0 Å². The Kier molecular flexibility index (Phi) is 3.14. The smallest absolute Gasteiger partial charge is 0.344 e. The molecule has 0 bridgehead atoms. The first kappa shape index (κ1) is 12.4. The number of carbonyl (C=O) groups is 1. The fourth-order valence-corrected chi connectivity index (χ4v) is 2.28. The number of hydrogen-bond acceptors (Lipinski definition) is 3. The molecule has 0 radical (unpaired) electrons. The minimum absolute atomic E-state index is 0.0699. The van der Waals surface area contributed by atoms with Gasteiger partial charge in [0, 0.05) is 11.0 Å². The maximum Gasteiger partial charge on any atom is 0.344 e. The Labute approximate surface area is 117 Å². The quantitative estimate of drug-likeness (QED) is 0.945. The summed E-state index contributed by atoms with van der Waals surface area (Å²) in [5.41, 5.74) is -0.490. The molecule has 0 aliphatic heterocycles. The number of fused-ring (bicyclic) bond motifs is 1. The molecule has 0 unspecified atom stereocenters. The van der Waals surface area contributed by atoms with Crippen molar-refractivity contribution in [1.29, 1.82) is 0 Å². The van der Waals surface area contributed by atoms with Gasteiger partial charge in [0.05, 0.1) is 5.39 Å². The Bertz CT molecular complexity index is 703. The normalized spacial score (nSPS) is 14.6. The van der Waals surface area contributed by atoms with Crippen molar-refractivity contribution < 1.29 is 9.21 Å². The molecule has 4 nitrogen and oxygen atoms in total. The van der Waals surface area contributed by atoms with Crippen LogP contribution < -0.4 is 10.9 Å². The van der Waals surface area contributed by atoms with Crippen LogP contribution in [-0.4, -0.2) is 12.5 Å². The summed E-state index contributed by atoms with van der Waals surface area (Å²) in [5, 5.41) is 3.95. The van der Waals surface area contributed by atoms with Crippen LogP contribution in [0.4, 0.5) is 0 Å². The molecule has 1 aromatic heterocycles. The molecule has 1 fully saturated rings. The van der Waals surface area contributed by atoms with Crippen molar-refractivity contribution >= 4 is 32.6 Å². The van der Waals surface area contributed by atoms with E-state index >= 15 is 0 Å². The van der Waals surface area contributed by atoms with E-state index in [1.807, 2.05) is 6.07 Å². The zero-order valence-corrected chi connectivity index (χ0v) is 11.7. The molecule has 0 saturated heterocycles. The van der Waals surface area contributed by atoms with Gasteiger partial charge < -0.3 is 9.73 Å². The fraction of sp³-hybridized carbons (Fsp3) is 0.286. The average molecular weight is 322 g/mol. The molecule has 19 heavy (non-hydrogen) atoms. The van der Waals surface area contributed by atoms with Crippen molar-refractivity contribution in [2.24, 2.45) is 5.92 Å². The summed E-state index contributed by atoms with van der Waals surface area (Å²) >= 11 is 3.30. The lowest BCUT2D eigenvalue weighted by Crippen LogP contribution is -2.26. The van der Waals surface area contributed by atoms with Crippen LogP contribution in [0.3, 0.4) is 0 Å². The van der Waals surface area contributed by atoms with Crippen LogP contribution in [0.1, 0.15) is 23.4 Å². The van der Waals surface area contributed by atoms with Gasteiger partial charge in [-0.1, -0.05) is 22.0 Å². The third-order valence-electron chi connectivity index (χ3n) is 3.20.